The van der Waals surface area contributed by atoms with E-state index in [9.17, 15) is 18.0 Å². The SMILES string of the molecule is CC(C)(C)OC(=O)N1CCO[C@H](Cc2ncc(C(F)(F)F)cc2Cl)C1. The lowest BCUT2D eigenvalue weighted by Crippen LogP contribution is -2.48. The fraction of sp³-hybridized carbons (Fsp3) is 0.625. The topological polar surface area (TPSA) is 51.7 Å². The maximum atomic E-state index is 12.7. The number of hydrogen-bond acceptors (Lipinski definition) is 4. The molecule has 1 fully saturated rings. The normalized spacial score (nSPS) is 19.0. The van der Waals surface area contributed by atoms with Gasteiger partial charge in [-0.3, -0.25) is 4.98 Å². The molecule has 25 heavy (non-hydrogen) atoms. The average molecular weight is 381 g/mol. The van der Waals surface area contributed by atoms with E-state index >= 15 is 0 Å². The number of rotatable bonds is 2. The van der Waals surface area contributed by atoms with Crippen molar-refractivity contribution in [3.8, 4) is 0 Å². The largest absolute Gasteiger partial charge is 0.444 e. The Labute approximate surface area is 149 Å². The van der Waals surface area contributed by atoms with Crippen LogP contribution in [0.15, 0.2) is 12.3 Å². The first-order valence-corrected chi connectivity index (χ1v) is 8.14. The van der Waals surface area contributed by atoms with Crippen molar-refractivity contribution in [2.75, 3.05) is 19.7 Å². The highest BCUT2D eigenvalue weighted by Gasteiger charge is 2.32. The molecule has 1 aromatic heterocycles. The molecule has 5 nitrogen and oxygen atoms in total. The highest BCUT2D eigenvalue weighted by atomic mass is 35.5. The van der Waals surface area contributed by atoms with E-state index in [0.717, 1.165) is 12.3 Å². The van der Waals surface area contributed by atoms with E-state index in [1.54, 1.807) is 20.8 Å². The van der Waals surface area contributed by atoms with Gasteiger partial charge in [-0.2, -0.15) is 13.2 Å². The van der Waals surface area contributed by atoms with Crippen LogP contribution < -0.4 is 0 Å². The van der Waals surface area contributed by atoms with Gasteiger partial charge in [0.2, 0.25) is 0 Å². The fourth-order valence-corrected chi connectivity index (χ4v) is 2.57. The van der Waals surface area contributed by atoms with Crippen molar-refractivity contribution in [3.05, 3.63) is 28.5 Å². The molecule has 0 radical (unpaired) electrons. The Balaban J connectivity index is 2.02. The van der Waals surface area contributed by atoms with Gasteiger partial charge in [-0.25, -0.2) is 4.79 Å². The first-order valence-electron chi connectivity index (χ1n) is 7.77. The maximum absolute atomic E-state index is 12.7. The average Bonchev–Trinajstić information content (AvgIpc) is 2.47. The highest BCUT2D eigenvalue weighted by molar-refractivity contribution is 6.31. The lowest BCUT2D eigenvalue weighted by atomic mass is 10.1. The zero-order chi connectivity index (χ0) is 18.8. The molecular weight excluding hydrogens is 361 g/mol. The zero-order valence-corrected chi connectivity index (χ0v) is 14.9. The molecule has 1 atom stereocenters. The summed E-state index contributed by atoms with van der Waals surface area (Å²) < 4.78 is 48.8. The minimum atomic E-state index is -4.50. The molecule has 140 valence electrons. The summed E-state index contributed by atoms with van der Waals surface area (Å²) in [5, 5.41) is -0.0761. The molecule has 1 aliphatic heterocycles. The maximum Gasteiger partial charge on any atom is 0.417 e. The van der Waals surface area contributed by atoms with Crippen molar-refractivity contribution in [1.29, 1.82) is 0 Å². The predicted octanol–water partition coefficient (Wildman–Crippen LogP) is 3.93. The van der Waals surface area contributed by atoms with Crippen molar-refractivity contribution >= 4 is 17.7 Å². The quantitative estimate of drug-likeness (QED) is 0.780. The molecular formula is C16H20ClF3N2O3. The summed E-state index contributed by atoms with van der Waals surface area (Å²) in [5.41, 5.74) is -1.21. The lowest BCUT2D eigenvalue weighted by Gasteiger charge is -2.34. The molecule has 1 amide bonds. The number of carbonyl (C=O) groups is 1. The number of ether oxygens (including phenoxy) is 2. The number of nitrogens with zero attached hydrogens (tertiary/aromatic N) is 2. The van der Waals surface area contributed by atoms with Crippen molar-refractivity contribution in [1.82, 2.24) is 9.88 Å². The number of carbonyl (C=O) groups excluding carboxylic acids is 1. The Morgan fingerprint density at radius 1 is 1.44 bits per heavy atom. The van der Waals surface area contributed by atoms with Gasteiger partial charge in [-0.15, -0.1) is 0 Å². The van der Waals surface area contributed by atoms with Crippen LogP contribution in [0.4, 0.5) is 18.0 Å². The van der Waals surface area contributed by atoms with E-state index in [-0.39, 0.29) is 18.0 Å². The standard InChI is InChI=1S/C16H20ClF3N2O3/c1-15(2,3)25-14(23)22-4-5-24-11(9-22)7-13-12(17)6-10(8-21-13)16(18,19)20/h6,8,11H,4-5,7,9H2,1-3H3/t11-/m1/s1. The molecule has 0 bridgehead atoms. The van der Waals surface area contributed by atoms with Crippen LogP contribution in [0, 0.1) is 0 Å². The Kier molecular flexibility index (Phi) is 5.83. The van der Waals surface area contributed by atoms with Crippen molar-refractivity contribution in [2.24, 2.45) is 0 Å². The second-order valence-corrected chi connectivity index (χ2v) is 7.18. The summed E-state index contributed by atoms with van der Waals surface area (Å²) in [6.07, 6.45) is -4.41. The number of hydrogen-bond donors (Lipinski definition) is 0. The van der Waals surface area contributed by atoms with E-state index in [2.05, 4.69) is 4.98 Å². The van der Waals surface area contributed by atoms with Gasteiger partial charge in [0.25, 0.3) is 0 Å². The van der Waals surface area contributed by atoms with Crippen LogP contribution in [-0.2, 0) is 22.1 Å². The number of alkyl halides is 3. The van der Waals surface area contributed by atoms with Crippen LogP contribution >= 0.6 is 11.6 Å². The van der Waals surface area contributed by atoms with Gasteiger partial charge < -0.3 is 14.4 Å². The summed E-state index contributed by atoms with van der Waals surface area (Å²) in [6.45, 7) is 6.27. The number of pyridine rings is 1. The van der Waals surface area contributed by atoms with Gasteiger partial charge in [0.05, 0.1) is 35.5 Å². The molecule has 0 aliphatic carbocycles. The van der Waals surface area contributed by atoms with E-state index < -0.39 is 29.5 Å². The van der Waals surface area contributed by atoms with Crippen LogP contribution in [0.25, 0.3) is 0 Å². The second kappa shape index (κ2) is 7.37. The Bertz CT molecular complexity index is 632. The van der Waals surface area contributed by atoms with E-state index in [4.69, 9.17) is 21.1 Å². The molecule has 1 saturated heterocycles. The van der Waals surface area contributed by atoms with E-state index in [0.29, 0.717) is 18.8 Å². The molecule has 0 unspecified atom stereocenters. The minimum absolute atomic E-state index is 0.0761. The van der Waals surface area contributed by atoms with Gasteiger partial charge in [-0.05, 0) is 26.8 Å². The minimum Gasteiger partial charge on any atom is -0.444 e. The third-order valence-corrected chi connectivity index (χ3v) is 3.78. The van der Waals surface area contributed by atoms with Crippen LogP contribution in [0.3, 0.4) is 0 Å². The summed E-state index contributed by atoms with van der Waals surface area (Å²) in [5.74, 6) is 0. The van der Waals surface area contributed by atoms with Crippen molar-refractivity contribution < 1.29 is 27.4 Å². The van der Waals surface area contributed by atoms with Gasteiger partial charge >= 0.3 is 12.3 Å². The fourth-order valence-electron chi connectivity index (χ4n) is 2.32. The predicted molar refractivity (Wildman–Crippen MR) is 85.5 cm³/mol. The lowest BCUT2D eigenvalue weighted by molar-refractivity contribution is -0.137. The summed E-state index contributed by atoms with van der Waals surface area (Å²) in [6, 6.07) is 0.846. The smallest absolute Gasteiger partial charge is 0.417 e. The van der Waals surface area contributed by atoms with E-state index in [1.807, 2.05) is 0 Å². The molecule has 2 rings (SSSR count). The Hall–Kier alpha value is -1.54. The number of amides is 1. The highest BCUT2D eigenvalue weighted by Crippen LogP contribution is 2.31. The molecule has 0 N–H and O–H groups in total. The molecule has 2 heterocycles. The number of halogens is 4. The molecule has 1 aliphatic rings. The van der Waals surface area contributed by atoms with Crippen molar-refractivity contribution in [3.63, 3.8) is 0 Å². The Morgan fingerprint density at radius 3 is 2.68 bits per heavy atom. The monoisotopic (exact) mass is 380 g/mol. The van der Waals surface area contributed by atoms with Crippen LogP contribution in [-0.4, -0.2) is 47.4 Å². The first kappa shape index (κ1) is 19.8. The summed E-state index contributed by atoms with van der Waals surface area (Å²) in [4.78, 5) is 17.4. The van der Waals surface area contributed by atoms with Crippen LogP contribution in [0.1, 0.15) is 32.0 Å². The molecule has 0 spiro atoms. The third-order valence-electron chi connectivity index (χ3n) is 3.46. The third kappa shape index (κ3) is 5.74. The van der Waals surface area contributed by atoms with E-state index in [1.165, 1.54) is 4.90 Å². The Morgan fingerprint density at radius 2 is 2.12 bits per heavy atom. The van der Waals surface area contributed by atoms with Gasteiger partial charge in [0, 0.05) is 19.2 Å². The van der Waals surface area contributed by atoms with Crippen LogP contribution in [0.5, 0.6) is 0 Å². The molecule has 9 heteroatoms. The van der Waals surface area contributed by atoms with Crippen LogP contribution in [0.2, 0.25) is 5.02 Å². The second-order valence-electron chi connectivity index (χ2n) is 6.77. The molecule has 1 aromatic rings. The number of morpholine rings is 1. The first-order chi connectivity index (χ1) is 11.5. The number of aromatic nitrogens is 1. The zero-order valence-electron chi connectivity index (χ0n) is 14.2. The summed E-state index contributed by atoms with van der Waals surface area (Å²) in [7, 11) is 0. The van der Waals surface area contributed by atoms with Gasteiger partial charge in [0.1, 0.15) is 5.60 Å². The van der Waals surface area contributed by atoms with Gasteiger partial charge in [0.15, 0.2) is 0 Å². The van der Waals surface area contributed by atoms with Crippen molar-refractivity contribution in [2.45, 2.75) is 45.1 Å². The molecule has 0 saturated carbocycles. The summed E-state index contributed by atoms with van der Waals surface area (Å²) >= 11 is 5.92. The molecule has 0 aromatic carbocycles. The van der Waals surface area contributed by atoms with Gasteiger partial charge in [-0.1, -0.05) is 11.6 Å².